The topological polar surface area (TPSA) is 125 Å². The monoisotopic (exact) mass is 396 g/mol. The summed E-state index contributed by atoms with van der Waals surface area (Å²) in [5.41, 5.74) is 4.12. The molecule has 1 unspecified atom stereocenters. The summed E-state index contributed by atoms with van der Waals surface area (Å²) in [6, 6.07) is 11.1. The third-order valence-electron chi connectivity index (χ3n) is 4.75. The molecule has 0 aromatic heterocycles. The van der Waals surface area contributed by atoms with Gasteiger partial charge in [0.25, 0.3) is 5.69 Å². The first-order valence-electron chi connectivity index (χ1n) is 9.08. The highest BCUT2D eigenvalue weighted by atomic mass is 16.6. The minimum Gasteiger partial charge on any atom is -0.507 e. The van der Waals surface area contributed by atoms with Crippen LogP contribution < -0.4 is 10.3 Å². The van der Waals surface area contributed by atoms with Gasteiger partial charge in [0.2, 0.25) is 11.8 Å². The second kappa shape index (κ2) is 8.51. The van der Waals surface area contributed by atoms with Gasteiger partial charge in [-0.25, -0.2) is 5.43 Å². The summed E-state index contributed by atoms with van der Waals surface area (Å²) in [7, 11) is 0. The van der Waals surface area contributed by atoms with Gasteiger partial charge in [-0.3, -0.25) is 19.7 Å². The Morgan fingerprint density at radius 3 is 2.72 bits per heavy atom. The maximum Gasteiger partial charge on any atom is 0.270 e. The Morgan fingerprint density at radius 2 is 2.07 bits per heavy atom. The predicted octanol–water partition coefficient (Wildman–Crippen LogP) is 2.37. The van der Waals surface area contributed by atoms with Gasteiger partial charge in [0.15, 0.2) is 0 Å². The minimum absolute atomic E-state index is 0.0684. The summed E-state index contributed by atoms with van der Waals surface area (Å²) in [6.45, 7) is 2.29. The number of nitro benzene ring substituents is 1. The summed E-state index contributed by atoms with van der Waals surface area (Å²) in [5.74, 6) is -1.35. The van der Waals surface area contributed by atoms with Crippen molar-refractivity contribution in [2.24, 2.45) is 11.0 Å². The molecule has 1 atom stereocenters. The van der Waals surface area contributed by atoms with Crippen LogP contribution in [0.25, 0.3) is 0 Å². The van der Waals surface area contributed by atoms with Gasteiger partial charge in [-0.2, -0.15) is 5.10 Å². The molecule has 2 N–H and O–H groups in total. The molecule has 0 bridgehead atoms. The largest absolute Gasteiger partial charge is 0.507 e. The van der Waals surface area contributed by atoms with Gasteiger partial charge >= 0.3 is 0 Å². The summed E-state index contributed by atoms with van der Waals surface area (Å²) in [4.78, 5) is 36.4. The third kappa shape index (κ3) is 4.57. The number of carbonyl (C=O) groups excluding carboxylic acids is 2. The van der Waals surface area contributed by atoms with Crippen molar-refractivity contribution < 1.29 is 19.6 Å². The van der Waals surface area contributed by atoms with E-state index >= 15 is 0 Å². The van der Waals surface area contributed by atoms with E-state index in [1.54, 1.807) is 4.90 Å². The summed E-state index contributed by atoms with van der Waals surface area (Å²) in [6.07, 6.45) is 2.09. The van der Waals surface area contributed by atoms with Crippen molar-refractivity contribution in [2.75, 3.05) is 11.4 Å². The van der Waals surface area contributed by atoms with E-state index in [2.05, 4.69) is 10.5 Å². The Labute approximate surface area is 166 Å². The fourth-order valence-corrected chi connectivity index (χ4v) is 3.06. The van der Waals surface area contributed by atoms with Crippen LogP contribution in [0.15, 0.2) is 47.6 Å². The number of carbonyl (C=O) groups is 2. The van der Waals surface area contributed by atoms with Gasteiger partial charge < -0.3 is 10.0 Å². The lowest BCUT2D eigenvalue weighted by Crippen LogP contribution is -2.30. The third-order valence-corrected chi connectivity index (χ3v) is 4.75. The number of aryl methyl sites for hydroxylation is 1. The van der Waals surface area contributed by atoms with Crippen LogP contribution in [0, 0.1) is 16.0 Å². The van der Waals surface area contributed by atoms with Crippen molar-refractivity contribution in [3.05, 3.63) is 63.7 Å². The second-order valence-corrected chi connectivity index (χ2v) is 6.66. The number of anilines is 1. The van der Waals surface area contributed by atoms with Gasteiger partial charge in [-0.05, 0) is 30.2 Å². The first kappa shape index (κ1) is 20.0. The number of benzene rings is 2. The average molecular weight is 396 g/mol. The minimum atomic E-state index is -0.596. The van der Waals surface area contributed by atoms with Crippen LogP contribution >= 0.6 is 0 Å². The molecule has 150 valence electrons. The lowest BCUT2D eigenvalue weighted by Gasteiger charge is -2.16. The van der Waals surface area contributed by atoms with E-state index in [0.717, 1.165) is 36.0 Å². The number of non-ortho nitro benzene ring substituents is 1. The molecule has 9 heteroatoms. The number of nitro groups is 1. The van der Waals surface area contributed by atoms with Crippen molar-refractivity contribution in [1.29, 1.82) is 0 Å². The van der Waals surface area contributed by atoms with Crippen molar-refractivity contribution in [3.8, 4) is 5.75 Å². The van der Waals surface area contributed by atoms with Gasteiger partial charge in [0.05, 0.1) is 17.1 Å². The van der Waals surface area contributed by atoms with Crippen LogP contribution in [0.4, 0.5) is 11.4 Å². The molecule has 0 spiro atoms. The molecule has 29 heavy (non-hydrogen) atoms. The quantitative estimate of drug-likeness (QED) is 0.440. The second-order valence-electron chi connectivity index (χ2n) is 6.66. The molecule has 0 saturated carbocycles. The van der Waals surface area contributed by atoms with E-state index in [1.807, 2.05) is 31.2 Å². The SMILES string of the molecule is CCc1ccc(N2CC(C(=O)N/N=C/c3cc([N+](=O)[O-])ccc3O)CC2=O)cc1. The van der Waals surface area contributed by atoms with Gasteiger partial charge in [-0.15, -0.1) is 0 Å². The first-order chi connectivity index (χ1) is 13.9. The molecular formula is C20H20N4O5. The van der Waals surface area contributed by atoms with Crippen molar-refractivity contribution >= 4 is 29.4 Å². The molecule has 1 aliphatic heterocycles. The summed E-state index contributed by atoms with van der Waals surface area (Å²) < 4.78 is 0. The number of phenolic OH excluding ortho intramolecular Hbond substituents is 1. The van der Waals surface area contributed by atoms with Crippen LogP contribution in [-0.4, -0.2) is 34.6 Å². The van der Waals surface area contributed by atoms with Crippen molar-refractivity contribution in [1.82, 2.24) is 5.43 Å². The molecule has 2 aromatic carbocycles. The number of phenols is 1. The van der Waals surface area contributed by atoms with Crippen LogP contribution in [-0.2, 0) is 16.0 Å². The number of nitrogens with one attached hydrogen (secondary N) is 1. The standard InChI is InChI=1S/C20H20N4O5/c1-2-13-3-5-16(6-4-13)23-12-15(10-19(23)26)20(27)22-21-11-14-9-17(24(28)29)7-8-18(14)25/h3-9,11,15,25H,2,10,12H2,1H3,(H,22,27)/b21-11+. The molecule has 0 aliphatic carbocycles. The predicted molar refractivity (Wildman–Crippen MR) is 107 cm³/mol. The average Bonchev–Trinajstić information content (AvgIpc) is 3.11. The van der Waals surface area contributed by atoms with E-state index in [-0.39, 0.29) is 35.9 Å². The molecule has 2 aromatic rings. The van der Waals surface area contributed by atoms with E-state index in [0.29, 0.717) is 0 Å². The highest BCUT2D eigenvalue weighted by Gasteiger charge is 2.35. The van der Waals surface area contributed by atoms with E-state index in [1.165, 1.54) is 6.07 Å². The number of hydrazone groups is 1. The van der Waals surface area contributed by atoms with Crippen LogP contribution in [0.2, 0.25) is 0 Å². The van der Waals surface area contributed by atoms with E-state index in [4.69, 9.17) is 0 Å². The summed E-state index contributed by atoms with van der Waals surface area (Å²) >= 11 is 0. The van der Waals surface area contributed by atoms with Crippen LogP contribution in [0.1, 0.15) is 24.5 Å². The molecule has 1 saturated heterocycles. The zero-order valence-electron chi connectivity index (χ0n) is 15.7. The maximum atomic E-state index is 12.3. The number of nitrogens with zero attached hydrogens (tertiary/aromatic N) is 3. The highest BCUT2D eigenvalue weighted by Crippen LogP contribution is 2.26. The number of hydrogen-bond acceptors (Lipinski definition) is 6. The van der Waals surface area contributed by atoms with E-state index < -0.39 is 16.7 Å². The number of hydrogen-bond donors (Lipinski definition) is 2. The maximum absolute atomic E-state index is 12.3. The number of rotatable bonds is 6. The fraction of sp³-hybridized carbons (Fsp3) is 0.250. The molecule has 3 rings (SSSR count). The Kier molecular flexibility index (Phi) is 5.87. The normalized spacial score (nSPS) is 16.4. The number of amides is 2. The van der Waals surface area contributed by atoms with E-state index in [9.17, 15) is 24.8 Å². The molecule has 1 aliphatic rings. The Balaban J connectivity index is 1.63. The van der Waals surface area contributed by atoms with Crippen LogP contribution in [0.3, 0.4) is 0 Å². The lowest BCUT2D eigenvalue weighted by atomic mass is 10.1. The summed E-state index contributed by atoms with van der Waals surface area (Å²) in [5, 5.41) is 24.3. The van der Waals surface area contributed by atoms with Crippen molar-refractivity contribution in [3.63, 3.8) is 0 Å². The van der Waals surface area contributed by atoms with Gasteiger partial charge in [0.1, 0.15) is 5.75 Å². The molecule has 1 heterocycles. The Bertz CT molecular complexity index is 971. The highest BCUT2D eigenvalue weighted by molar-refractivity contribution is 6.00. The zero-order valence-corrected chi connectivity index (χ0v) is 15.7. The first-order valence-corrected chi connectivity index (χ1v) is 9.08. The molecule has 9 nitrogen and oxygen atoms in total. The number of aromatic hydroxyl groups is 1. The molecular weight excluding hydrogens is 376 g/mol. The molecule has 0 radical (unpaired) electrons. The van der Waals surface area contributed by atoms with Crippen LogP contribution in [0.5, 0.6) is 5.75 Å². The molecule has 2 amide bonds. The molecule has 1 fully saturated rings. The van der Waals surface area contributed by atoms with Gasteiger partial charge in [0, 0.05) is 36.3 Å². The fourth-order valence-electron chi connectivity index (χ4n) is 3.06. The Morgan fingerprint density at radius 1 is 1.34 bits per heavy atom. The smallest absolute Gasteiger partial charge is 0.270 e. The van der Waals surface area contributed by atoms with Gasteiger partial charge in [-0.1, -0.05) is 19.1 Å². The lowest BCUT2D eigenvalue weighted by molar-refractivity contribution is -0.384. The van der Waals surface area contributed by atoms with Crippen molar-refractivity contribution in [2.45, 2.75) is 19.8 Å². The Hall–Kier alpha value is -3.75. The zero-order chi connectivity index (χ0) is 21.0.